The van der Waals surface area contributed by atoms with E-state index in [0.717, 1.165) is 18.0 Å². The molecular formula is C11H16N2O2S. The van der Waals surface area contributed by atoms with Gasteiger partial charge in [-0.15, -0.1) is 11.3 Å². The quantitative estimate of drug-likeness (QED) is 0.807. The number of nitrogens with one attached hydrogen (secondary N) is 1. The van der Waals surface area contributed by atoms with E-state index in [0.29, 0.717) is 13.2 Å². The van der Waals surface area contributed by atoms with Crippen molar-refractivity contribution in [2.45, 2.75) is 38.0 Å². The smallest absolute Gasteiger partial charge is 0.107 e. The number of aromatic nitrogens is 1. The van der Waals surface area contributed by atoms with Crippen LogP contribution < -0.4 is 5.32 Å². The van der Waals surface area contributed by atoms with Gasteiger partial charge in [-0.2, -0.15) is 0 Å². The maximum absolute atomic E-state index is 9.58. The Labute approximate surface area is 98.7 Å². The summed E-state index contributed by atoms with van der Waals surface area (Å²) >= 11 is 1.81. The lowest BCUT2D eigenvalue weighted by Crippen LogP contribution is -2.38. The lowest BCUT2D eigenvalue weighted by Gasteiger charge is -2.12. The molecule has 1 saturated heterocycles. The largest absolute Gasteiger partial charge is 0.389 e. The van der Waals surface area contributed by atoms with Gasteiger partial charge in [-0.25, -0.2) is 4.98 Å². The standard InChI is InChI=1S/C11H16N2O2S/c14-9-6-15-5-8(9)12-4-11-13-7-2-1-3-10(7)16-11/h8-9,12,14H,1-6H2. The van der Waals surface area contributed by atoms with Crippen LogP contribution in [0.2, 0.25) is 0 Å². The predicted molar refractivity (Wildman–Crippen MR) is 61.6 cm³/mol. The first kappa shape index (κ1) is 10.7. The van der Waals surface area contributed by atoms with Crippen LogP contribution in [0, 0.1) is 0 Å². The van der Waals surface area contributed by atoms with Gasteiger partial charge in [0, 0.05) is 11.4 Å². The second-order valence-electron chi connectivity index (χ2n) is 4.42. The molecule has 0 bridgehead atoms. The Balaban J connectivity index is 1.58. The highest BCUT2D eigenvalue weighted by molar-refractivity contribution is 7.11. The summed E-state index contributed by atoms with van der Waals surface area (Å²) in [6.07, 6.45) is 3.23. The summed E-state index contributed by atoms with van der Waals surface area (Å²) in [5, 5.41) is 14.0. The normalized spacial score (nSPS) is 28.6. The molecule has 2 atom stereocenters. The molecule has 16 heavy (non-hydrogen) atoms. The number of fused-ring (bicyclic) bond motifs is 1. The Morgan fingerprint density at radius 1 is 1.44 bits per heavy atom. The van der Waals surface area contributed by atoms with E-state index in [-0.39, 0.29) is 12.1 Å². The second kappa shape index (κ2) is 4.41. The van der Waals surface area contributed by atoms with Gasteiger partial charge in [0.2, 0.25) is 0 Å². The van der Waals surface area contributed by atoms with Crippen molar-refractivity contribution < 1.29 is 9.84 Å². The number of thiazole rings is 1. The molecule has 3 rings (SSSR count). The van der Waals surface area contributed by atoms with Crippen molar-refractivity contribution in [1.82, 2.24) is 10.3 Å². The minimum atomic E-state index is -0.369. The average Bonchev–Trinajstić information content (AvgIpc) is 2.89. The SMILES string of the molecule is OC1COCC1NCc1nc2c(s1)CCC2. The van der Waals surface area contributed by atoms with Gasteiger partial charge in [0.05, 0.1) is 31.1 Å². The molecule has 4 nitrogen and oxygen atoms in total. The number of rotatable bonds is 3. The number of ether oxygens (including phenoxy) is 1. The van der Waals surface area contributed by atoms with E-state index < -0.39 is 0 Å². The highest BCUT2D eigenvalue weighted by Gasteiger charge is 2.26. The van der Waals surface area contributed by atoms with Crippen LogP contribution in [-0.4, -0.2) is 35.5 Å². The van der Waals surface area contributed by atoms with Crippen molar-refractivity contribution in [2.75, 3.05) is 13.2 Å². The second-order valence-corrected chi connectivity index (χ2v) is 5.59. The first-order valence-electron chi connectivity index (χ1n) is 5.79. The van der Waals surface area contributed by atoms with Gasteiger partial charge in [-0.05, 0) is 19.3 Å². The van der Waals surface area contributed by atoms with Crippen LogP contribution in [0.3, 0.4) is 0 Å². The lowest BCUT2D eigenvalue weighted by atomic mass is 10.2. The zero-order chi connectivity index (χ0) is 11.0. The summed E-state index contributed by atoms with van der Waals surface area (Å²) in [6, 6.07) is 0.0683. The third kappa shape index (κ3) is 2.00. The monoisotopic (exact) mass is 240 g/mol. The summed E-state index contributed by atoms with van der Waals surface area (Å²) in [5.41, 5.74) is 1.30. The summed E-state index contributed by atoms with van der Waals surface area (Å²) < 4.78 is 5.19. The van der Waals surface area contributed by atoms with Gasteiger partial charge >= 0.3 is 0 Å². The van der Waals surface area contributed by atoms with Crippen LogP contribution in [0.1, 0.15) is 22.0 Å². The van der Waals surface area contributed by atoms with Gasteiger partial charge in [0.15, 0.2) is 0 Å². The molecule has 1 aliphatic heterocycles. The van der Waals surface area contributed by atoms with Crippen molar-refractivity contribution in [1.29, 1.82) is 0 Å². The fraction of sp³-hybridized carbons (Fsp3) is 0.727. The molecule has 0 amide bonds. The fourth-order valence-electron chi connectivity index (χ4n) is 2.28. The third-order valence-corrected chi connectivity index (χ3v) is 4.36. The molecule has 0 radical (unpaired) electrons. The molecule has 2 heterocycles. The van der Waals surface area contributed by atoms with Crippen LogP contribution in [0.5, 0.6) is 0 Å². The number of aliphatic hydroxyl groups excluding tert-OH is 1. The van der Waals surface area contributed by atoms with Crippen molar-refractivity contribution in [2.24, 2.45) is 0 Å². The Morgan fingerprint density at radius 3 is 3.12 bits per heavy atom. The van der Waals surface area contributed by atoms with Crippen molar-refractivity contribution in [3.05, 3.63) is 15.6 Å². The Kier molecular flexibility index (Phi) is 2.93. The van der Waals surface area contributed by atoms with E-state index >= 15 is 0 Å². The van der Waals surface area contributed by atoms with Crippen LogP contribution >= 0.6 is 11.3 Å². The summed E-state index contributed by atoms with van der Waals surface area (Å²) in [7, 11) is 0. The summed E-state index contributed by atoms with van der Waals surface area (Å²) in [4.78, 5) is 6.07. The first-order chi connectivity index (χ1) is 7.83. The molecule has 2 aliphatic rings. The highest BCUT2D eigenvalue weighted by Crippen LogP contribution is 2.27. The van der Waals surface area contributed by atoms with Crippen LogP contribution in [-0.2, 0) is 24.1 Å². The highest BCUT2D eigenvalue weighted by atomic mass is 32.1. The lowest BCUT2D eigenvalue weighted by molar-refractivity contribution is 0.122. The molecule has 2 N–H and O–H groups in total. The number of aliphatic hydroxyl groups is 1. The molecule has 88 valence electrons. The molecule has 0 aromatic carbocycles. The zero-order valence-corrected chi connectivity index (χ0v) is 9.92. The van der Waals surface area contributed by atoms with Crippen molar-refractivity contribution in [3.8, 4) is 0 Å². The van der Waals surface area contributed by atoms with Crippen molar-refractivity contribution >= 4 is 11.3 Å². The van der Waals surface area contributed by atoms with E-state index in [1.54, 1.807) is 0 Å². The van der Waals surface area contributed by atoms with E-state index in [1.807, 2.05) is 11.3 Å². The Bertz CT molecular complexity index is 359. The van der Waals surface area contributed by atoms with Crippen molar-refractivity contribution in [3.63, 3.8) is 0 Å². The van der Waals surface area contributed by atoms with Gasteiger partial charge in [0.1, 0.15) is 5.01 Å². The number of hydrogen-bond donors (Lipinski definition) is 2. The van der Waals surface area contributed by atoms with E-state index in [9.17, 15) is 5.11 Å². The molecule has 1 aromatic heterocycles. The first-order valence-corrected chi connectivity index (χ1v) is 6.61. The molecule has 1 aliphatic carbocycles. The van der Waals surface area contributed by atoms with E-state index in [2.05, 4.69) is 10.3 Å². The van der Waals surface area contributed by atoms with Gasteiger partial charge in [0.25, 0.3) is 0 Å². The Morgan fingerprint density at radius 2 is 2.38 bits per heavy atom. The topological polar surface area (TPSA) is 54.4 Å². The van der Waals surface area contributed by atoms with Crippen LogP contribution in [0.25, 0.3) is 0 Å². The number of hydrogen-bond acceptors (Lipinski definition) is 5. The molecule has 0 saturated carbocycles. The van der Waals surface area contributed by atoms with E-state index in [4.69, 9.17) is 4.74 Å². The molecule has 0 spiro atoms. The van der Waals surface area contributed by atoms with Gasteiger partial charge < -0.3 is 15.2 Å². The van der Waals surface area contributed by atoms with Gasteiger partial charge in [-0.3, -0.25) is 0 Å². The van der Waals surface area contributed by atoms with Crippen LogP contribution in [0.4, 0.5) is 0 Å². The minimum Gasteiger partial charge on any atom is -0.389 e. The summed E-state index contributed by atoms with van der Waals surface area (Å²) in [5.74, 6) is 0. The average molecular weight is 240 g/mol. The third-order valence-electron chi connectivity index (χ3n) is 3.21. The maximum atomic E-state index is 9.58. The molecular weight excluding hydrogens is 224 g/mol. The molecule has 1 fully saturated rings. The summed E-state index contributed by atoms with van der Waals surface area (Å²) in [6.45, 7) is 1.81. The molecule has 2 unspecified atom stereocenters. The molecule has 5 heteroatoms. The maximum Gasteiger partial charge on any atom is 0.107 e. The molecule has 1 aromatic rings. The Hall–Kier alpha value is -0.490. The zero-order valence-electron chi connectivity index (χ0n) is 9.11. The number of aryl methyl sites for hydroxylation is 2. The van der Waals surface area contributed by atoms with Crippen LogP contribution in [0.15, 0.2) is 0 Å². The number of nitrogens with zero attached hydrogens (tertiary/aromatic N) is 1. The minimum absolute atomic E-state index is 0.0683. The predicted octanol–water partition coefficient (Wildman–Crippen LogP) is 0.481. The fourth-order valence-corrected chi connectivity index (χ4v) is 3.38. The van der Waals surface area contributed by atoms with E-state index in [1.165, 1.54) is 23.4 Å². The van der Waals surface area contributed by atoms with Gasteiger partial charge in [-0.1, -0.05) is 0 Å².